The molecule has 1 fully saturated rings. The zero-order valence-corrected chi connectivity index (χ0v) is 14.7. The Hall–Kier alpha value is -1.70. The van der Waals surface area contributed by atoms with Crippen molar-refractivity contribution in [2.45, 2.75) is 50.2 Å². The highest BCUT2D eigenvalue weighted by atomic mass is 32.2. The second-order valence-electron chi connectivity index (χ2n) is 6.42. The molecule has 1 saturated carbocycles. The average Bonchev–Trinajstić information content (AvgIpc) is 3.04. The van der Waals surface area contributed by atoms with E-state index >= 15 is 0 Å². The molecule has 0 radical (unpaired) electrons. The number of hydrogen-bond acceptors (Lipinski definition) is 4. The van der Waals surface area contributed by atoms with Gasteiger partial charge in [-0.25, -0.2) is 17.8 Å². The Kier molecular flexibility index (Phi) is 4.76. The molecule has 0 amide bonds. The number of nitrogens with one attached hydrogen (secondary N) is 1. The molecule has 2 N–H and O–H groups in total. The smallest absolute Gasteiger partial charge is 0.241 e. The van der Waals surface area contributed by atoms with Crippen molar-refractivity contribution >= 4 is 10.0 Å². The molecule has 24 heavy (non-hydrogen) atoms. The van der Waals surface area contributed by atoms with Gasteiger partial charge in [-0.3, -0.25) is 0 Å². The molecule has 1 aromatic heterocycles. The van der Waals surface area contributed by atoms with Crippen LogP contribution in [0.1, 0.15) is 31.7 Å². The van der Waals surface area contributed by atoms with Crippen molar-refractivity contribution in [1.29, 1.82) is 0 Å². The Labute approximate surface area is 142 Å². The highest BCUT2D eigenvalue weighted by Gasteiger charge is 2.35. The van der Waals surface area contributed by atoms with Crippen molar-refractivity contribution in [3.63, 3.8) is 0 Å². The molecular formula is C17H23N3O3S. The Balaban J connectivity index is 1.87. The summed E-state index contributed by atoms with van der Waals surface area (Å²) >= 11 is 0. The van der Waals surface area contributed by atoms with E-state index in [-0.39, 0.29) is 23.0 Å². The first-order valence-electron chi connectivity index (χ1n) is 8.21. The van der Waals surface area contributed by atoms with Crippen molar-refractivity contribution in [3.05, 3.63) is 42.2 Å². The van der Waals surface area contributed by atoms with Gasteiger partial charge < -0.3 is 5.11 Å². The standard InChI is InChI=1S/C17H23N3O3S/c1-3-16(13-9-15(21)10-13)19-24(22,23)17-11-14(6-5-12(17)2)20-8-4-7-18-20/h4-8,11,13,15-16,19,21H,3,9-10H2,1-2H3/t13?,15?,16-/m1/s1. The predicted octanol–water partition coefficient (Wildman–Crippen LogP) is 2.01. The van der Waals surface area contributed by atoms with Gasteiger partial charge in [0, 0.05) is 18.4 Å². The average molecular weight is 349 g/mol. The van der Waals surface area contributed by atoms with Crippen LogP contribution in [0.5, 0.6) is 0 Å². The van der Waals surface area contributed by atoms with Crippen molar-refractivity contribution in [2.75, 3.05) is 0 Å². The van der Waals surface area contributed by atoms with E-state index in [0.29, 0.717) is 30.5 Å². The van der Waals surface area contributed by atoms with Crippen molar-refractivity contribution in [3.8, 4) is 5.69 Å². The van der Waals surface area contributed by atoms with Crippen LogP contribution in [0.2, 0.25) is 0 Å². The zero-order chi connectivity index (χ0) is 17.3. The van der Waals surface area contributed by atoms with Crippen LogP contribution in [-0.2, 0) is 10.0 Å². The topological polar surface area (TPSA) is 84.2 Å². The molecule has 1 aliphatic carbocycles. The van der Waals surface area contributed by atoms with Gasteiger partial charge in [0.05, 0.1) is 16.7 Å². The van der Waals surface area contributed by atoms with E-state index in [1.165, 1.54) is 0 Å². The third-order valence-corrected chi connectivity index (χ3v) is 6.33. The summed E-state index contributed by atoms with van der Waals surface area (Å²) in [6, 6.07) is 6.93. The van der Waals surface area contributed by atoms with E-state index in [2.05, 4.69) is 9.82 Å². The summed E-state index contributed by atoms with van der Waals surface area (Å²) in [6.45, 7) is 3.75. The second kappa shape index (κ2) is 6.66. The number of nitrogens with zero attached hydrogens (tertiary/aromatic N) is 2. The van der Waals surface area contributed by atoms with Gasteiger partial charge in [0.1, 0.15) is 0 Å². The van der Waals surface area contributed by atoms with Crippen LogP contribution < -0.4 is 4.72 Å². The molecule has 2 aromatic rings. The number of benzene rings is 1. The molecule has 1 atom stereocenters. The lowest BCUT2D eigenvalue weighted by Gasteiger charge is -2.37. The molecule has 1 aromatic carbocycles. The number of aromatic nitrogens is 2. The van der Waals surface area contributed by atoms with Crippen LogP contribution in [0, 0.1) is 12.8 Å². The molecule has 0 spiro atoms. The second-order valence-corrected chi connectivity index (χ2v) is 8.10. The van der Waals surface area contributed by atoms with Crippen LogP contribution in [0.15, 0.2) is 41.6 Å². The van der Waals surface area contributed by atoms with Crippen molar-refractivity contribution < 1.29 is 13.5 Å². The zero-order valence-electron chi connectivity index (χ0n) is 13.9. The molecule has 1 aliphatic rings. The fraction of sp³-hybridized carbons (Fsp3) is 0.471. The number of aliphatic hydroxyl groups excluding tert-OH is 1. The molecule has 130 valence electrons. The Bertz CT molecular complexity index is 796. The van der Waals surface area contributed by atoms with Crippen molar-refractivity contribution in [1.82, 2.24) is 14.5 Å². The summed E-state index contributed by atoms with van der Waals surface area (Å²) in [7, 11) is -3.63. The normalized spacial score (nSPS) is 22.1. The lowest BCUT2D eigenvalue weighted by molar-refractivity contribution is 0.0277. The summed E-state index contributed by atoms with van der Waals surface area (Å²) in [5, 5.41) is 13.6. The largest absolute Gasteiger partial charge is 0.393 e. The Morgan fingerprint density at radius 3 is 2.75 bits per heavy atom. The maximum Gasteiger partial charge on any atom is 0.241 e. The molecule has 0 saturated heterocycles. The quantitative estimate of drug-likeness (QED) is 0.835. The van der Waals surface area contributed by atoms with Gasteiger partial charge in [0.2, 0.25) is 10.0 Å². The lowest BCUT2D eigenvalue weighted by atomic mass is 9.77. The Morgan fingerprint density at radius 2 is 2.17 bits per heavy atom. The van der Waals surface area contributed by atoms with Crippen LogP contribution in [0.3, 0.4) is 0 Å². The summed E-state index contributed by atoms with van der Waals surface area (Å²) in [5.41, 5.74) is 1.40. The fourth-order valence-electron chi connectivity index (χ4n) is 3.18. The van der Waals surface area contributed by atoms with E-state index in [9.17, 15) is 13.5 Å². The molecule has 7 heteroatoms. The van der Waals surface area contributed by atoms with E-state index in [0.717, 1.165) is 0 Å². The molecule has 3 rings (SSSR count). The molecule has 6 nitrogen and oxygen atoms in total. The van der Waals surface area contributed by atoms with Gasteiger partial charge >= 0.3 is 0 Å². The summed E-state index contributed by atoms with van der Waals surface area (Å²) in [4.78, 5) is 0.272. The minimum Gasteiger partial charge on any atom is -0.393 e. The SMILES string of the molecule is CC[C@@H](NS(=O)(=O)c1cc(-n2cccn2)ccc1C)C1CC(O)C1. The van der Waals surface area contributed by atoms with Gasteiger partial charge in [-0.1, -0.05) is 13.0 Å². The molecule has 0 unspecified atom stereocenters. The van der Waals surface area contributed by atoms with Crippen molar-refractivity contribution in [2.24, 2.45) is 5.92 Å². The third-order valence-electron chi connectivity index (χ3n) is 4.70. The van der Waals surface area contributed by atoms with Gasteiger partial charge in [-0.15, -0.1) is 0 Å². The monoisotopic (exact) mass is 349 g/mol. The first-order chi connectivity index (χ1) is 11.4. The van der Waals surface area contributed by atoms with E-state index in [4.69, 9.17) is 0 Å². The number of rotatable bonds is 6. The highest BCUT2D eigenvalue weighted by molar-refractivity contribution is 7.89. The number of aryl methyl sites for hydroxylation is 1. The highest BCUT2D eigenvalue weighted by Crippen LogP contribution is 2.32. The van der Waals surface area contributed by atoms with Crippen LogP contribution in [0.25, 0.3) is 5.69 Å². The predicted molar refractivity (Wildman–Crippen MR) is 91.4 cm³/mol. The van der Waals surface area contributed by atoms with E-state index in [1.54, 1.807) is 42.2 Å². The van der Waals surface area contributed by atoms with E-state index in [1.807, 2.05) is 13.0 Å². The third kappa shape index (κ3) is 3.38. The summed E-state index contributed by atoms with van der Waals surface area (Å²) < 4.78 is 30.2. The van der Waals surface area contributed by atoms with Crippen LogP contribution >= 0.6 is 0 Å². The molecular weight excluding hydrogens is 326 g/mol. The number of sulfonamides is 1. The minimum absolute atomic E-state index is 0.147. The Morgan fingerprint density at radius 1 is 1.42 bits per heavy atom. The van der Waals surface area contributed by atoms with E-state index < -0.39 is 10.0 Å². The molecule has 0 bridgehead atoms. The van der Waals surface area contributed by atoms with Crippen LogP contribution in [0.4, 0.5) is 0 Å². The lowest BCUT2D eigenvalue weighted by Crippen LogP contribution is -2.46. The summed E-state index contributed by atoms with van der Waals surface area (Å²) in [6.07, 6.45) is 5.16. The first-order valence-corrected chi connectivity index (χ1v) is 9.70. The first kappa shape index (κ1) is 17.1. The maximum absolute atomic E-state index is 12.9. The summed E-state index contributed by atoms with van der Waals surface area (Å²) in [5.74, 6) is 0.203. The molecule has 1 heterocycles. The van der Waals surface area contributed by atoms with Gasteiger partial charge in [0.15, 0.2) is 0 Å². The minimum atomic E-state index is -3.63. The maximum atomic E-state index is 12.9. The fourth-order valence-corrected chi connectivity index (χ4v) is 4.83. The molecule has 0 aliphatic heterocycles. The number of hydrogen-bond donors (Lipinski definition) is 2. The van der Waals surface area contributed by atoms with Gasteiger partial charge in [-0.2, -0.15) is 5.10 Å². The van der Waals surface area contributed by atoms with Gasteiger partial charge in [0.25, 0.3) is 0 Å². The van der Waals surface area contributed by atoms with Gasteiger partial charge in [-0.05, 0) is 55.9 Å². The van der Waals surface area contributed by atoms with Crippen LogP contribution in [-0.4, -0.2) is 35.5 Å². The number of aliphatic hydroxyl groups is 1.